The van der Waals surface area contributed by atoms with Gasteiger partial charge in [0.1, 0.15) is 5.56 Å². The van der Waals surface area contributed by atoms with Gasteiger partial charge in [-0.2, -0.15) is 5.10 Å². The maximum absolute atomic E-state index is 11.1. The Morgan fingerprint density at radius 2 is 2.25 bits per heavy atom. The minimum atomic E-state index is -0.854. The first kappa shape index (κ1) is 11.2. The van der Waals surface area contributed by atoms with E-state index in [9.17, 15) is 4.79 Å². The number of hydrogen-bond acceptors (Lipinski definition) is 2. The second kappa shape index (κ2) is 4.68. The molecule has 88 valence electrons. The van der Waals surface area contributed by atoms with Gasteiger partial charge in [-0.1, -0.05) is 26.2 Å². The summed E-state index contributed by atoms with van der Waals surface area (Å²) < 4.78 is 1.96. The maximum atomic E-state index is 11.1. The lowest BCUT2D eigenvalue weighted by Crippen LogP contribution is -2.12. The lowest BCUT2D eigenvalue weighted by Gasteiger charge is -2.14. The maximum Gasteiger partial charge on any atom is 0.339 e. The Bertz CT molecular complexity index is 378. The average molecular weight is 222 g/mol. The van der Waals surface area contributed by atoms with E-state index < -0.39 is 5.97 Å². The quantitative estimate of drug-likeness (QED) is 0.852. The fourth-order valence-corrected chi connectivity index (χ4v) is 2.52. The summed E-state index contributed by atoms with van der Waals surface area (Å²) in [4.78, 5) is 11.1. The molecule has 2 rings (SSSR count). The largest absolute Gasteiger partial charge is 0.478 e. The summed E-state index contributed by atoms with van der Waals surface area (Å²) in [7, 11) is 0. The summed E-state index contributed by atoms with van der Waals surface area (Å²) in [6.07, 6.45) is 8.01. The molecule has 0 bridgehead atoms. The number of hydrogen-bond donors (Lipinski definition) is 1. The molecule has 4 heteroatoms. The first-order valence-corrected chi connectivity index (χ1v) is 6.03. The smallest absolute Gasteiger partial charge is 0.339 e. The van der Waals surface area contributed by atoms with E-state index in [0.29, 0.717) is 11.6 Å². The van der Waals surface area contributed by atoms with Gasteiger partial charge in [-0.3, -0.25) is 4.68 Å². The van der Waals surface area contributed by atoms with Crippen LogP contribution in [0.4, 0.5) is 0 Å². The van der Waals surface area contributed by atoms with Crippen molar-refractivity contribution in [3.05, 3.63) is 17.5 Å². The van der Waals surface area contributed by atoms with E-state index in [1.165, 1.54) is 19.0 Å². The zero-order valence-corrected chi connectivity index (χ0v) is 9.65. The van der Waals surface area contributed by atoms with Gasteiger partial charge in [-0.05, 0) is 19.3 Å². The lowest BCUT2D eigenvalue weighted by atomic mass is 10.1. The SMILES string of the molecule is CCCc1c(C(=O)O)cnn1C1CCCC1. The van der Waals surface area contributed by atoms with Crippen LogP contribution >= 0.6 is 0 Å². The van der Waals surface area contributed by atoms with Crippen molar-refractivity contribution >= 4 is 5.97 Å². The highest BCUT2D eigenvalue weighted by Gasteiger charge is 2.23. The predicted molar refractivity (Wildman–Crippen MR) is 60.7 cm³/mol. The number of carboxylic acids is 1. The molecule has 0 radical (unpaired) electrons. The number of rotatable bonds is 4. The van der Waals surface area contributed by atoms with Crippen molar-refractivity contribution in [3.8, 4) is 0 Å². The predicted octanol–water partition coefficient (Wildman–Crippen LogP) is 2.65. The number of nitrogens with zero attached hydrogens (tertiary/aromatic N) is 2. The van der Waals surface area contributed by atoms with Crippen LogP contribution in [-0.2, 0) is 6.42 Å². The van der Waals surface area contributed by atoms with Gasteiger partial charge in [0.2, 0.25) is 0 Å². The molecule has 1 aromatic rings. The van der Waals surface area contributed by atoms with E-state index in [1.807, 2.05) is 4.68 Å². The van der Waals surface area contributed by atoms with Crippen LogP contribution in [0, 0.1) is 0 Å². The van der Waals surface area contributed by atoms with E-state index in [1.54, 1.807) is 0 Å². The topological polar surface area (TPSA) is 55.1 Å². The van der Waals surface area contributed by atoms with Crippen LogP contribution in [0.3, 0.4) is 0 Å². The summed E-state index contributed by atoms with van der Waals surface area (Å²) in [6.45, 7) is 2.07. The summed E-state index contributed by atoms with van der Waals surface area (Å²) in [5, 5.41) is 13.4. The monoisotopic (exact) mass is 222 g/mol. The van der Waals surface area contributed by atoms with Gasteiger partial charge in [0, 0.05) is 0 Å². The number of carbonyl (C=O) groups is 1. The number of carboxylic acid groups (broad SMARTS) is 1. The molecular formula is C12H18N2O2. The molecule has 0 spiro atoms. The van der Waals surface area contributed by atoms with Gasteiger partial charge < -0.3 is 5.11 Å². The first-order chi connectivity index (χ1) is 7.74. The van der Waals surface area contributed by atoms with Gasteiger partial charge in [-0.15, -0.1) is 0 Å². The van der Waals surface area contributed by atoms with Crippen molar-refractivity contribution in [2.75, 3.05) is 0 Å². The Morgan fingerprint density at radius 1 is 1.56 bits per heavy atom. The summed E-state index contributed by atoms with van der Waals surface area (Å²) in [5.74, 6) is -0.854. The molecule has 1 fully saturated rings. The molecule has 0 aliphatic heterocycles. The van der Waals surface area contributed by atoms with Crippen molar-refractivity contribution in [1.82, 2.24) is 9.78 Å². The third kappa shape index (κ3) is 1.96. The van der Waals surface area contributed by atoms with Gasteiger partial charge in [-0.25, -0.2) is 4.79 Å². The minimum absolute atomic E-state index is 0.383. The van der Waals surface area contributed by atoms with E-state index in [4.69, 9.17) is 5.11 Å². The van der Waals surface area contributed by atoms with Crippen LogP contribution in [0.5, 0.6) is 0 Å². The highest BCUT2D eigenvalue weighted by atomic mass is 16.4. The van der Waals surface area contributed by atoms with Crippen LogP contribution in [0.2, 0.25) is 0 Å². The van der Waals surface area contributed by atoms with E-state index in [2.05, 4.69) is 12.0 Å². The third-order valence-corrected chi connectivity index (χ3v) is 3.29. The molecule has 0 saturated heterocycles. The summed E-state index contributed by atoms with van der Waals surface area (Å²) in [6, 6.07) is 0.426. The van der Waals surface area contributed by atoms with Crippen LogP contribution in [-0.4, -0.2) is 20.9 Å². The number of aromatic carboxylic acids is 1. The van der Waals surface area contributed by atoms with Crippen molar-refractivity contribution < 1.29 is 9.90 Å². The standard InChI is InChI=1S/C12H18N2O2/c1-2-5-11-10(12(15)16)8-13-14(11)9-6-3-4-7-9/h8-9H,2-7H2,1H3,(H,15,16). The van der Waals surface area contributed by atoms with Gasteiger partial charge in [0.25, 0.3) is 0 Å². The Labute approximate surface area is 95.3 Å². The first-order valence-electron chi connectivity index (χ1n) is 6.03. The molecule has 1 aliphatic carbocycles. The molecular weight excluding hydrogens is 204 g/mol. The molecule has 1 heterocycles. The molecule has 1 N–H and O–H groups in total. The molecule has 0 aromatic carbocycles. The van der Waals surface area contributed by atoms with Crippen LogP contribution < -0.4 is 0 Å². The van der Waals surface area contributed by atoms with Crippen LogP contribution in [0.15, 0.2) is 6.20 Å². The molecule has 0 amide bonds. The van der Waals surface area contributed by atoms with E-state index in [-0.39, 0.29) is 0 Å². The van der Waals surface area contributed by atoms with Crippen LogP contribution in [0.25, 0.3) is 0 Å². The number of aromatic nitrogens is 2. The Morgan fingerprint density at radius 3 is 2.81 bits per heavy atom. The molecule has 1 aliphatic rings. The van der Waals surface area contributed by atoms with E-state index >= 15 is 0 Å². The minimum Gasteiger partial charge on any atom is -0.478 e. The van der Waals surface area contributed by atoms with Crippen molar-refractivity contribution in [2.45, 2.75) is 51.5 Å². The molecule has 4 nitrogen and oxygen atoms in total. The zero-order chi connectivity index (χ0) is 11.5. The lowest BCUT2D eigenvalue weighted by molar-refractivity contribution is 0.0695. The fraction of sp³-hybridized carbons (Fsp3) is 0.667. The second-order valence-electron chi connectivity index (χ2n) is 4.44. The molecule has 0 atom stereocenters. The highest BCUT2D eigenvalue weighted by molar-refractivity contribution is 5.88. The Kier molecular flexibility index (Phi) is 3.27. The Balaban J connectivity index is 2.32. The second-order valence-corrected chi connectivity index (χ2v) is 4.44. The van der Waals surface area contributed by atoms with Gasteiger partial charge in [0.05, 0.1) is 17.9 Å². The highest BCUT2D eigenvalue weighted by Crippen LogP contribution is 2.31. The zero-order valence-electron chi connectivity index (χ0n) is 9.65. The van der Waals surface area contributed by atoms with Crippen LogP contribution in [0.1, 0.15) is 61.1 Å². The van der Waals surface area contributed by atoms with Crippen molar-refractivity contribution in [3.63, 3.8) is 0 Å². The van der Waals surface area contributed by atoms with Crippen molar-refractivity contribution in [1.29, 1.82) is 0 Å². The fourth-order valence-electron chi connectivity index (χ4n) is 2.52. The molecule has 0 unspecified atom stereocenters. The van der Waals surface area contributed by atoms with Gasteiger partial charge >= 0.3 is 5.97 Å². The average Bonchev–Trinajstić information content (AvgIpc) is 2.84. The Hall–Kier alpha value is -1.32. The molecule has 1 aromatic heterocycles. The molecule has 1 saturated carbocycles. The van der Waals surface area contributed by atoms with Gasteiger partial charge in [0.15, 0.2) is 0 Å². The molecule has 16 heavy (non-hydrogen) atoms. The van der Waals surface area contributed by atoms with Crippen molar-refractivity contribution in [2.24, 2.45) is 0 Å². The normalized spacial score (nSPS) is 16.8. The van der Waals surface area contributed by atoms with E-state index in [0.717, 1.165) is 31.4 Å². The summed E-state index contributed by atoms with van der Waals surface area (Å²) >= 11 is 0. The third-order valence-electron chi connectivity index (χ3n) is 3.29. The summed E-state index contributed by atoms with van der Waals surface area (Å²) in [5.41, 5.74) is 1.29.